The highest BCUT2D eigenvalue weighted by molar-refractivity contribution is 6.31. The molecule has 34 heavy (non-hydrogen) atoms. The number of nitrogens with zero attached hydrogens (tertiary/aromatic N) is 5. The largest absolute Gasteiger partial charge is 0.340 e. The van der Waals surface area contributed by atoms with Gasteiger partial charge >= 0.3 is 5.69 Å². The summed E-state index contributed by atoms with van der Waals surface area (Å²) >= 11 is 12.5. The van der Waals surface area contributed by atoms with E-state index in [1.165, 1.54) is 4.57 Å². The molecule has 0 saturated carbocycles. The normalized spacial score (nSPS) is 14.7. The number of hydrogen-bond acceptors (Lipinski definition) is 5. The zero-order chi connectivity index (χ0) is 23.8. The number of fused-ring (bicyclic) bond motifs is 1. The molecule has 1 aliphatic rings. The fraction of sp³-hybridized carbons (Fsp3) is 0.292. The minimum atomic E-state index is -0.485. The van der Waals surface area contributed by atoms with E-state index >= 15 is 0 Å². The lowest BCUT2D eigenvalue weighted by atomic mass is 10.2. The van der Waals surface area contributed by atoms with E-state index in [0.29, 0.717) is 28.7 Å². The second-order valence-electron chi connectivity index (χ2n) is 8.47. The summed E-state index contributed by atoms with van der Waals surface area (Å²) in [5.41, 5.74) is 1.85. The van der Waals surface area contributed by atoms with Crippen LogP contribution in [0.2, 0.25) is 10.0 Å². The van der Waals surface area contributed by atoms with Gasteiger partial charge in [0, 0.05) is 49.8 Å². The van der Waals surface area contributed by atoms with Crippen molar-refractivity contribution in [1.82, 2.24) is 24.0 Å². The van der Waals surface area contributed by atoms with Crippen molar-refractivity contribution in [3.05, 3.63) is 90.5 Å². The quantitative estimate of drug-likeness (QED) is 0.457. The van der Waals surface area contributed by atoms with E-state index in [-0.39, 0.29) is 0 Å². The Hall–Kier alpha value is -3.07. The number of halogens is 2. The Morgan fingerprint density at radius 3 is 2.47 bits per heavy atom. The number of nitrogens with one attached hydrogen (secondary N) is 1. The van der Waals surface area contributed by atoms with Gasteiger partial charge in [-0.05, 0) is 29.3 Å². The summed E-state index contributed by atoms with van der Waals surface area (Å²) < 4.78 is 3.26. The number of hydrogen-bond donors (Lipinski definition) is 1. The number of rotatable bonds is 5. The molecule has 10 heteroatoms. The third-order valence-corrected chi connectivity index (χ3v) is 6.83. The topological polar surface area (TPSA) is 79.2 Å². The van der Waals surface area contributed by atoms with Gasteiger partial charge in [0.2, 0.25) is 5.95 Å². The highest BCUT2D eigenvalue weighted by Crippen LogP contribution is 2.24. The third kappa shape index (κ3) is 4.36. The first kappa shape index (κ1) is 22.7. The maximum absolute atomic E-state index is 12.8. The summed E-state index contributed by atoms with van der Waals surface area (Å²) in [5.74, 6) is 0.666. The molecule has 1 fully saturated rings. The summed E-state index contributed by atoms with van der Waals surface area (Å²) in [6.07, 6.45) is 0. The predicted octanol–water partition coefficient (Wildman–Crippen LogP) is 3.10. The second-order valence-corrected chi connectivity index (χ2v) is 9.32. The van der Waals surface area contributed by atoms with Crippen molar-refractivity contribution in [2.45, 2.75) is 13.1 Å². The molecule has 2 aromatic heterocycles. The molecule has 1 saturated heterocycles. The zero-order valence-corrected chi connectivity index (χ0v) is 20.2. The first-order chi connectivity index (χ1) is 16.4. The van der Waals surface area contributed by atoms with Crippen molar-refractivity contribution >= 4 is 40.3 Å². The number of imidazole rings is 1. The van der Waals surface area contributed by atoms with Crippen LogP contribution in [0.3, 0.4) is 0 Å². The molecular weight excluding hydrogens is 475 g/mol. The van der Waals surface area contributed by atoms with Crippen LogP contribution in [0.5, 0.6) is 0 Å². The minimum absolute atomic E-state index is 0.365. The van der Waals surface area contributed by atoms with Gasteiger partial charge in [-0.1, -0.05) is 53.5 Å². The molecule has 8 nitrogen and oxygen atoms in total. The van der Waals surface area contributed by atoms with E-state index in [2.05, 4.69) is 14.8 Å². The van der Waals surface area contributed by atoms with Crippen molar-refractivity contribution < 1.29 is 0 Å². The lowest BCUT2D eigenvalue weighted by Gasteiger charge is -2.35. The Balaban J connectivity index is 1.47. The van der Waals surface area contributed by atoms with Crippen LogP contribution in [0.1, 0.15) is 11.1 Å². The van der Waals surface area contributed by atoms with Gasteiger partial charge in [-0.3, -0.25) is 23.8 Å². The first-order valence-corrected chi connectivity index (χ1v) is 11.8. The SMILES string of the molecule is Cn1c(=O)[nH]c(=O)c2c1nc(N1CCN(Cc3ccccc3Cl)CC1)n2Cc1cccc(Cl)c1. The van der Waals surface area contributed by atoms with Gasteiger partial charge in [-0.15, -0.1) is 0 Å². The Labute approximate surface area is 206 Å². The van der Waals surface area contributed by atoms with Gasteiger partial charge in [0.05, 0.1) is 6.54 Å². The van der Waals surface area contributed by atoms with Gasteiger partial charge in [-0.25, -0.2) is 4.79 Å². The maximum atomic E-state index is 12.8. The number of aromatic nitrogens is 4. The average Bonchev–Trinajstić information content (AvgIpc) is 3.19. The smallest absolute Gasteiger partial charge is 0.329 e. The Morgan fingerprint density at radius 1 is 0.971 bits per heavy atom. The van der Waals surface area contributed by atoms with Crippen molar-refractivity contribution in [3.8, 4) is 0 Å². The van der Waals surface area contributed by atoms with Crippen LogP contribution in [0.25, 0.3) is 11.2 Å². The van der Waals surface area contributed by atoms with Gasteiger partial charge in [0.1, 0.15) is 0 Å². The maximum Gasteiger partial charge on any atom is 0.329 e. The number of anilines is 1. The van der Waals surface area contributed by atoms with Crippen LogP contribution >= 0.6 is 23.2 Å². The van der Waals surface area contributed by atoms with Crippen molar-refractivity contribution in [1.29, 1.82) is 0 Å². The summed E-state index contributed by atoms with van der Waals surface area (Å²) in [5, 5.41) is 1.39. The molecule has 0 radical (unpaired) electrons. The highest BCUT2D eigenvalue weighted by Gasteiger charge is 2.25. The molecule has 0 amide bonds. The summed E-state index contributed by atoms with van der Waals surface area (Å²) in [4.78, 5) is 36.7. The van der Waals surface area contributed by atoms with Crippen molar-refractivity contribution in [3.63, 3.8) is 0 Å². The van der Waals surface area contributed by atoms with Crippen LogP contribution < -0.4 is 16.1 Å². The molecule has 176 valence electrons. The van der Waals surface area contributed by atoms with Crippen LogP contribution in [0.4, 0.5) is 5.95 Å². The number of H-pyrrole nitrogens is 1. The van der Waals surface area contributed by atoms with Crippen LogP contribution in [-0.2, 0) is 20.1 Å². The summed E-state index contributed by atoms with van der Waals surface area (Å²) in [6, 6.07) is 15.4. The lowest BCUT2D eigenvalue weighted by Crippen LogP contribution is -2.47. The van der Waals surface area contributed by atoms with E-state index < -0.39 is 11.2 Å². The molecule has 4 aromatic rings. The molecule has 3 heterocycles. The van der Waals surface area contributed by atoms with Crippen LogP contribution in [0.15, 0.2) is 58.1 Å². The number of piperazine rings is 1. The fourth-order valence-corrected chi connectivity index (χ4v) is 4.81. The monoisotopic (exact) mass is 498 g/mol. The summed E-state index contributed by atoms with van der Waals surface area (Å²) in [6.45, 7) is 4.29. The molecule has 0 bridgehead atoms. The first-order valence-electron chi connectivity index (χ1n) is 11.1. The van der Waals surface area contributed by atoms with Gasteiger partial charge in [0.25, 0.3) is 5.56 Å². The summed E-state index contributed by atoms with van der Waals surface area (Å²) in [7, 11) is 1.61. The molecule has 0 aliphatic carbocycles. The number of aryl methyl sites for hydroxylation is 1. The number of aromatic amines is 1. The van der Waals surface area contributed by atoms with Crippen LogP contribution in [0, 0.1) is 0 Å². The second kappa shape index (κ2) is 9.29. The van der Waals surface area contributed by atoms with Crippen LogP contribution in [-0.4, -0.2) is 50.2 Å². The zero-order valence-electron chi connectivity index (χ0n) is 18.7. The predicted molar refractivity (Wildman–Crippen MR) is 135 cm³/mol. The Kier molecular flexibility index (Phi) is 6.20. The van der Waals surface area contributed by atoms with Gasteiger partial charge in [0.15, 0.2) is 11.2 Å². The van der Waals surface area contributed by atoms with Crippen molar-refractivity contribution in [2.24, 2.45) is 7.05 Å². The molecule has 1 aliphatic heterocycles. The lowest BCUT2D eigenvalue weighted by molar-refractivity contribution is 0.248. The van der Waals surface area contributed by atoms with E-state index in [4.69, 9.17) is 28.2 Å². The van der Waals surface area contributed by atoms with E-state index in [1.54, 1.807) is 7.05 Å². The highest BCUT2D eigenvalue weighted by atomic mass is 35.5. The minimum Gasteiger partial charge on any atom is -0.340 e. The van der Waals surface area contributed by atoms with E-state index in [9.17, 15) is 9.59 Å². The van der Waals surface area contributed by atoms with E-state index in [1.807, 2.05) is 53.1 Å². The van der Waals surface area contributed by atoms with Gasteiger partial charge < -0.3 is 4.90 Å². The average molecular weight is 499 g/mol. The van der Waals surface area contributed by atoms with Crippen molar-refractivity contribution in [2.75, 3.05) is 31.1 Å². The molecule has 0 atom stereocenters. The third-order valence-electron chi connectivity index (χ3n) is 6.22. The standard InChI is InChI=1S/C24H24Cl2N6O2/c1-29-21-20(22(33)28-24(29)34)32(14-16-5-4-7-18(25)13-16)23(27-21)31-11-9-30(10-12-31)15-17-6-2-3-8-19(17)26/h2-8,13H,9-12,14-15H2,1H3,(H,28,33,34). The fourth-order valence-electron chi connectivity index (χ4n) is 4.41. The van der Waals surface area contributed by atoms with Gasteiger partial charge in [-0.2, -0.15) is 4.98 Å². The molecule has 2 aromatic carbocycles. The molecular formula is C24H24Cl2N6O2. The molecule has 0 spiro atoms. The van der Waals surface area contributed by atoms with E-state index in [0.717, 1.165) is 48.9 Å². The number of benzene rings is 2. The Bertz CT molecular complexity index is 1470. The Morgan fingerprint density at radius 2 is 1.74 bits per heavy atom. The molecule has 5 rings (SSSR count). The molecule has 0 unspecified atom stereocenters. The molecule has 1 N–H and O–H groups in total.